The molecule has 0 aliphatic carbocycles. The van der Waals surface area contributed by atoms with Crippen LogP contribution in [-0.2, 0) is 6.42 Å². The predicted octanol–water partition coefficient (Wildman–Crippen LogP) is 1.79. The van der Waals surface area contributed by atoms with Gasteiger partial charge in [-0.15, -0.1) is 0 Å². The standard InChI is InChI=1S/C18H22O6.Ca.2H/c1-21-15-6-5-11(8-14(15)20)7-13(19)12-9-16(22-2)18(24-4)17(10-12)23-3;;;/h5-6,8-10,13,19-20H,7H2,1-4H3;;;/t13-;;;/m1.../s1. The Bertz CT molecular complexity index is 679. The molecule has 0 heterocycles. The number of hydrogen-bond acceptors (Lipinski definition) is 6. The Labute approximate surface area is 177 Å². The van der Waals surface area contributed by atoms with Gasteiger partial charge >= 0.3 is 37.7 Å². The van der Waals surface area contributed by atoms with E-state index in [-0.39, 0.29) is 43.5 Å². The Morgan fingerprint density at radius 1 is 0.840 bits per heavy atom. The van der Waals surface area contributed by atoms with E-state index in [1.807, 2.05) is 0 Å². The average Bonchev–Trinajstić information content (AvgIpc) is 2.60. The number of aliphatic hydroxyl groups is 1. The zero-order chi connectivity index (χ0) is 17.7. The molecule has 2 rings (SSSR count). The van der Waals surface area contributed by atoms with Crippen molar-refractivity contribution in [1.82, 2.24) is 0 Å². The molecule has 0 bridgehead atoms. The average molecular weight is 376 g/mol. The molecule has 0 aliphatic rings. The van der Waals surface area contributed by atoms with Crippen molar-refractivity contribution in [2.45, 2.75) is 12.5 Å². The van der Waals surface area contributed by atoms with E-state index < -0.39 is 6.10 Å². The topological polar surface area (TPSA) is 77.4 Å². The van der Waals surface area contributed by atoms with Gasteiger partial charge in [0.2, 0.25) is 5.75 Å². The molecule has 0 saturated carbocycles. The predicted molar refractivity (Wildman–Crippen MR) is 98.0 cm³/mol. The second-order valence-corrected chi connectivity index (χ2v) is 5.18. The van der Waals surface area contributed by atoms with Crippen LogP contribution in [-0.4, -0.2) is 76.4 Å². The molecule has 2 aromatic rings. The molecule has 1 atom stereocenters. The Morgan fingerprint density at radius 2 is 1.40 bits per heavy atom. The molecule has 0 spiro atoms. The number of methoxy groups -OCH3 is 4. The molecule has 6 nitrogen and oxygen atoms in total. The summed E-state index contributed by atoms with van der Waals surface area (Å²) in [5.74, 6) is 1.85. The number of hydrogen-bond donors (Lipinski definition) is 2. The molecular weight excluding hydrogens is 352 g/mol. The van der Waals surface area contributed by atoms with Crippen molar-refractivity contribution in [3.8, 4) is 28.7 Å². The van der Waals surface area contributed by atoms with Crippen molar-refractivity contribution in [1.29, 1.82) is 0 Å². The van der Waals surface area contributed by atoms with E-state index in [2.05, 4.69) is 0 Å². The number of rotatable bonds is 7. The quantitative estimate of drug-likeness (QED) is 0.718. The van der Waals surface area contributed by atoms with Gasteiger partial charge in [-0.05, 0) is 35.4 Å². The van der Waals surface area contributed by atoms with Gasteiger partial charge in [0, 0.05) is 6.42 Å². The molecular formula is C18H24CaO6. The number of aromatic hydroxyl groups is 1. The number of phenolic OH excluding ortho intramolecular Hbond substituents is 1. The summed E-state index contributed by atoms with van der Waals surface area (Å²) >= 11 is 0. The maximum absolute atomic E-state index is 10.5. The van der Waals surface area contributed by atoms with Gasteiger partial charge in [-0.1, -0.05) is 6.07 Å². The first-order chi connectivity index (χ1) is 11.5. The molecule has 25 heavy (non-hydrogen) atoms. The molecule has 7 heteroatoms. The van der Waals surface area contributed by atoms with Crippen LogP contribution in [0.5, 0.6) is 28.7 Å². The van der Waals surface area contributed by atoms with E-state index in [0.29, 0.717) is 35.0 Å². The van der Waals surface area contributed by atoms with Gasteiger partial charge in [-0.25, -0.2) is 0 Å². The minimum atomic E-state index is -0.800. The van der Waals surface area contributed by atoms with Crippen molar-refractivity contribution in [3.05, 3.63) is 41.5 Å². The molecule has 0 amide bonds. The Hall–Kier alpha value is -1.34. The summed E-state index contributed by atoms with van der Waals surface area (Å²) in [6.07, 6.45) is -0.484. The van der Waals surface area contributed by atoms with Gasteiger partial charge in [0.05, 0.1) is 34.5 Å². The van der Waals surface area contributed by atoms with Crippen molar-refractivity contribution in [3.63, 3.8) is 0 Å². The second kappa shape index (κ2) is 9.97. The zero-order valence-electron chi connectivity index (χ0n) is 14.2. The second-order valence-electron chi connectivity index (χ2n) is 5.18. The van der Waals surface area contributed by atoms with Gasteiger partial charge in [-0.2, -0.15) is 0 Å². The molecule has 0 aliphatic heterocycles. The van der Waals surface area contributed by atoms with Gasteiger partial charge in [0.1, 0.15) is 0 Å². The summed E-state index contributed by atoms with van der Waals surface area (Å²) in [6.45, 7) is 0. The molecule has 0 radical (unpaired) electrons. The van der Waals surface area contributed by atoms with Crippen LogP contribution < -0.4 is 18.9 Å². The van der Waals surface area contributed by atoms with E-state index in [1.165, 1.54) is 28.4 Å². The van der Waals surface area contributed by atoms with E-state index in [9.17, 15) is 10.2 Å². The van der Waals surface area contributed by atoms with E-state index in [4.69, 9.17) is 18.9 Å². The van der Waals surface area contributed by atoms with E-state index in [1.54, 1.807) is 30.3 Å². The third kappa shape index (κ3) is 5.07. The molecule has 0 fully saturated rings. The third-order valence-electron chi connectivity index (χ3n) is 3.74. The number of aliphatic hydroxyl groups excluding tert-OH is 1. The Kier molecular flexibility index (Phi) is 8.65. The number of benzene rings is 2. The Balaban J connectivity index is 0.00000312. The first-order valence-electron chi connectivity index (χ1n) is 7.37. The van der Waals surface area contributed by atoms with Crippen molar-refractivity contribution in [2.75, 3.05) is 28.4 Å². The SMILES string of the molecule is COc1ccc(C[C@@H](O)c2cc(OC)c(OC)c(OC)c2)cc1O.[CaH2]. The fraction of sp³-hybridized carbons (Fsp3) is 0.333. The van der Waals surface area contributed by atoms with Crippen molar-refractivity contribution < 1.29 is 29.2 Å². The van der Waals surface area contributed by atoms with Crippen LogP contribution in [0.3, 0.4) is 0 Å². The van der Waals surface area contributed by atoms with Crippen LogP contribution in [0, 0.1) is 0 Å². The van der Waals surface area contributed by atoms with Crippen LogP contribution in [0.2, 0.25) is 0 Å². The van der Waals surface area contributed by atoms with Crippen molar-refractivity contribution in [2.24, 2.45) is 0 Å². The fourth-order valence-electron chi connectivity index (χ4n) is 2.50. The van der Waals surface area contributed by atoms with Gasteiger partial charge in [0.25, 0.3) is 0 Å². The molecule has 2 N–H and O–H groups in total. The van der Waals surface area contributed by atoms with Crippen LogP contribution in [0.15, 0.2) is 30.3 Å². The molecule has 0 aromatic heterocycles. The van der Waals surface area contributed by atoms with Gasteiger partial charge in [0.15, 0.2) is 23.0 Å². The summed E-state index contributed by atoms with van der Waals surface area (Å²) in [5.41, 5.74) is 1.40. The third-order valence-corrected chi connectivity index (χ3v) is 3.74. The molecule has 2 aromatic carbocycles. The van der Waals surface area contributed by atoms with Crippen LogP contribution in [0.4, 0.5) is 0 Å². The molecule has 0 saturated heterocycles. The first-order valence-corrected chi connectivity index (χ1v) is 7.37. The normalized spacial score (nSPS) is 11.2. The molecule has 134 valence electrons. The summed E-state index contributed by atoms with van der Waals surface area (Å²) < 4.78 is 20.9. The van der Waals surface area contributed by atoms with E-state index >= 15 is 0 Å². The van der Waals surface area contributed by atoms with Gasteiger partial charge in [-0.3, -0.25) is 0 Å². The fourth-order valence-corrected chi connectivity index (χ4v) is 2.50. The summed E-state index contributed by atoms with van der Waals surface area (Å²) in [7, 11) is 6.06. The van der Waals surface area contributed by atoms with E-state index in [0.717, 1.165) is 5.56 Å². The number of phenols is 1. The summed E-state index contributed by atoms with van der Waals surface area (Å²) in [5, 5.41) is 20.4. The minimum absolute atomic E-state index is 0. The van der Waals surface area contributed by atoms with Crippen LogP contribution >= 0.6 is 0 Å². The first kappa shape index (κ1) is 21.7. The monoisotopic (exact) mass is 376 g/mol. The Morgan fingerprint density at radius 3 is 1.84 bits per heavy atom. The molecule has 0 unspecified atom stereocenters. The summed E-state index contributed by atoms with van der Waals surface area (Å²) in [4.78, 5) is 0. The van der Waals surface area contributed by atoms with Crippen LogP contribution in [0.25, 0.3) is 0 Å². The van der Waals surface area contributed by atoms with Crippen LogP contribution in [0.1, 0.15) is 17.2 Å². The summed E-state index contributed by atoms with van der Waals surface area (Å²) in [6, 6.07) is 8.43. The maximum atomic E-state index is 10.5. The van der Waals surface area contributed by atoms with Gasteiger partial charge < -0.3 is 29.2 Å². The zero-order valence-corrected chi connectivity index (χ0v) is 14.2. The van der Waals surface area contributed by atoms with Crippen molar-refractivity contribution >= 4 is 37.7 Å². The number of ether oxygens (including phenoxy) is 4.